The molecule has 110 valence electrons. The van der Waals surface area contributed by atoms with Crippen LogP contribution in [0.1, 0.15) is 12.0 Å². The normalized spacial score (nSPS) is 13.6. The zero-order valence-electron chi connectivity index (χ0n) is 11.5. The average molecular weight is 321 g/mol. The zero-order chi connectivity index (χ0) is 15.3. The van der Waals surface area contributed by atoms with Crippen LogP contribution in [0.25, 0.3) is 0 Å². The lowest BCUT2D eigenvalue weighted by atomic mass is 9.88. The fourth-order valence-corrected chi connectivity index (χ4v) is 3.35. The van der Waals surface area contributed by atoms with Gasteiger partial charge in [-0.15, -0.1) is 11.8 Å². The molecule has 2 aromatic carbocycles. The Hall–Kier alpha value is -1.49. The molecule has 3 nitrogen and oxygen atoms in total. The maximum atomic E-state index is 11.8. The molecule has 0 aliphatic heterocycles. The number of amides is 1. The summed E-state index contributed by atoms with van der Waals surface area (Å²) in [6.45, 7) is 0. The smallest absolute Gasteiger partial charge is 0.242 e. The molecule has 1 unspecified atom stereocenters. The van der Waals surface area contributed by atoms with Gasteiger partial charge >= 0.3 is 0 Å². The second-order valence-corrected chi connectivity index (χ2v) is 6.27. The molecule has 0 aliphatic carbocycles. The van der Waals surface area contributed by atoms with Crippen LogP contribution in [0.2, 0.25) is 5.02 Å². The molecule has 4 N–H and O–H groups in total. The second-order valence-electron chi connectivity index (χ2n) is 4.73. The lowest BCUT2D eigenvalue weighted by molar-refractivity contribution is -0.123. The number of nitrogens with two attached hydrogens (primary N) is 2. The van der Waals surface area contributed by atoms with Gasteiger partial charge in [0.1, 0.15) is 5.54 Å². The van der Waals surface area contributed by atoms with Gasteiger partial charge in [0.25, 0.3) is 0 Å². The van der Waals surface area contributed by atoms with Crippen molar-refractivity contribution in [2.24, 2.45) is 11.5 Å². The van der Waals surface area contributed by atoms with E-state index in [9.17, 15) is 4.79 Å². The first kappa shape index (κ1) is 15.9. The van der Waals surface area contributed by atoms with E-state index in [0.29, 0.717) is 17.2 Å². The number of hydrogen-bond acceptors (Lipinski definition) is 3. The van der Waals surface area contributed by atoms with Gasteiger partial charge in [-0.3, -0.25) is 4.79 Å². The Bertz CT molecular complexity index is 621. The van der Waals surface area contributed by atoms with Crippen LogP contribution in [-0.2, 0) is 10.3 Å². The van der Waals surface area contributed by atoms with Gasteiger partial charge in [-0.1, -0.05) is 54.1 Å². The minimum absolute atomic E-state index is 0.447. The van der Waals surface area contributed by atoms with Gasteiger partial charge in [-0.25, -0.2) is 0 Å². The molecule has 2 aromatic rings. The third-order valence-corrected chi connectivity index (χ3v) is 4.84. The van der Waals surface area contributed by atoms with Crippen LogP contribution in [0.15, 0.2) is 59.5 Å². The van der Waals surface area contributed by atoms with Crippen molar-refractivity contribution in [3.63, 3.8) is 0 Å². The van der Waals surface area contributed by atoms with E-state index in [2.05, 4.69) is 0 Å². The molecule has 0 saturated heterocycles. The van der Waals surface area contributed by atoms with Gasteiger partial charge in [0.05, 0.1) is 5.02 Å². The Morgan fingerprint density at radius 2 is 1.71 bits per heavy atom. The number of benzene rings is 2. The van der Waals surface area contributed by atoms with Crippen LogP contribution in [0.5, 0.6) is 0 Å². The Balaban J connectivity index is 2.08. The molecule has 2 rings (SSSR count). The lowest BCUT2D eigenvalue weighted by Gasteiger charge is -2.26. The first-order chi connectivity index (χ1) is 10.0. The quantitative estimate of drug-likeness (QED) is 0.803. The number of carbonyl (C=O) groups excluding carboxylic acids is 1. The molecule has 5 heteroatoms. The Morgan fingerprint density at radius 1 is 1.10 bits per heavy atom. The number of primary amides is 1. The predicted molar refractivity (Wildman–Crippen MR) is 88.3 cm³/mol. The van der Waals surface area contributed by atoms with Crippen molar-refractivity contribution in [1.82, 2.24) is 0 Å². The van der Waals surface area contributed by atoms with Crippen molar-refractivity contribution in [3.05, 3.63) is 65.2 Å². The number of hydrogen-bond donors (Lipinski definition) is 2. The van der Waals surface area contributed by atoms with Crippen LogP contribution in [0.3, 0.4) is 0 Å². The van der Waals surface area contributed by atoms with Gasteiger partial charge in [-0.05, 0) is 24.1 Å². The molecule has 0 bridgehead atoms. The minimum Gasteiger partial charge on any atom is -0.368 e. The summed E-state index contributed by atoms with van der Waals surface area (Å²) < 4.78 is 0. The topological polar surface area (TPSA) is 69.1 Å². The van der Waals surface area contributed by atoms with Gasteiger partial charge in [-0.2, -0.15) is 0 Å². The highest BCUT2D eigenvalue weighted by Crippen LogP contribution is 2.30. The fourth-order valence-electron chi connectivity index (χ4n) is 2.03. The Labute approximate surface area is 133 Å². The molecule has 0 spiro atoms. The molecular formula is C16H17ClN2OS. The lowest BCUT2D eigenvalue weighted by Crippen LogP contribution is -2.49. The summed E-state index contributed by atoms with van der Waals surface area (Å²) in [6.07, 6.45) is 0.447. The van der Waals surface area contributed by atoms with Crippen molar-refractivity contribution >= 4 is 29.3 Å². The van der Waals surface area contributed by atoms with E-state index in [1.165, 1.54) is 0 Å². The first-order valence-electron chi connectivity index (χ1n) is 6.55. The van der Waals surface area contributed by atoms with Crippen molar-refractivity contribution in [1.29, 1.82) is 0 Å². The van der Waals surface area contributed by atoms with Gasteiger partial charge in [0.15, 0.2) is 0 Å². The van der Waals surface area contributed by atoms with E-state index in [1.54, 1.807) is 11.8 Å². The monoisotopic (exact) mass is 320 g/mol. The molecule has 21 heavy (non-hydrogen) atoms. The summed E-state index contributed by atoms with van der Waals surface area (Å²) in [7, 11) is 0. The molecule has 0 aromatic heterocycles. The minimum atomic E-state index is -1.16. The van der Waals surface area contributed by atoms with Crippen LogP contribution in [-0.4, -0.2) is 11.7 Å². The molecule has 0 saturated carbocycles. The standard InChI is InChI=1S/C16H17ClN2OS/c17-13-8-4-5-9-14(13)21-11-10-16(19,15(18)20)12-6-2-1-3-7-12/h1-9H,10-11,19H2,(H2,18,20). The molecular weight excluding hydrogens is 304 g/mol. The molecule has 0 radical (unpaired) electrons. The highest BCUT2D eigenvalue weighted by molar-refractivity contribution is 7.99. The highest BCUT2D eigenvalue weighted by atomic mass is 35.5. The fraction of sp³-hybridized carbons (Fsp3) is 0.188. The Kier molecular flexibility index (Phi) is 5.28. The van der Waals surface area contributed by atoms with Crippen LogP contribution in [0, 0.1) is 0 Å². The second kappa shape index (κ2) is 6.98. The third kappa shape index (κ3) is 3.79. The van der Waals surface area contributed by atoms with Crippen molar-refractivity contribution < 1.29 is 4.79 Å². The SMILES string of the molecule is NC(=O)C(N)(CCSc1ccccc1Cl)c1ccccc1. The molecule has 0 heterocycles. The summed E-state index contributed by atoms with van der Waals surface area (Å²) in [4.78, 5) is 12.8. The van der Waals surface area contributed by atoms with Crippen LogP contribution < -0.4 is 11.5 Å². The number of rotatable bonds is 6. The maximum Gasteiger partial charge on any atom is 0.242 e. The van der Waals surface area contributed by atoms with Gasteiger partial charge < -0.3 is 11.5 Å². The van der Waals surface area contributed by atoms with Crippen LogP contribution >= 0.6 is 23.4 Å². The summed E-state index contributed by atoms with van der Waals surface area (Å²) in [6, 6.07) is 16.8. The van der Waals surface area contributed by atoms with E-state index < -0.39 is 11.4 Å². The van der Waals surface area contributed by atoms with E-state index in [4.69, 9.17) is 23.1 Å². The molecule has 0 aliphatic rings. The van der Waals surface area contributed by atoms with Gasteiger partial charge in [0.2, 0.25) is 5.91 Å². The summed E-state index contributed by atoms with van der Waals surface area (Å²) >= 11 is 7.68. The van der Waals surface area contributed by atoms with E-state index in [-0.39, 0.29) is 0 Å². The molecule has 0 fully saturated rings. The summed E-state index contributed by atoms with van der Waals surface area (Å²) in [5.41, 5.74) is 11.3. The van der Waals surface area contributed by atoms with E-state index in [1.807, 2.05) is 54.6 Å². The number of carbonyl (C=O) groups is 1. The summed E-state index contributed by atoms with van der Waals surface area (Å²) in [5, 5.41) is 0.698. The van der Waals surface area contributed by atoms with E-state index in [0.717, 1.165) is 10.5 Å². The third-order valence-electron chi connectivity index (χ3n) is 3.32. The van der Waals surface area contributed by atoms with Crippen molar-refractivity contribution in [3.8, 4) is 0 Å². The Morgan fingerprint density at radius 3 is 2.33 bits per heavy atom. The van der Waals surface area contributed by atoms with Crippen LogP contribution in [0.4, 0.5) is 0 Å². The molecule has 1 atom stereocenters. The predicted octanol–water partition coefficient (Wildman–Crippen LogP) is 3.16. The first-order valence-corrected chi connectivity index (χ1v) is 7.92. The van der Waals surface area contributed by atoms with E-state index >= 15 is 0 Å². The summed E-state index contributed by atoms with van der Waals surface area (Å²) in [5.74, 6) is 0.131. The number of halogens is 1. The van der Waals surface area contributed by atoms with Crippen molar-refractivity contribution in [2.75, 3.05) is 5.75 Å². The highest BCUT2D eigenvalue weighted by Gasteiger charge is 2.33. The largest absolute Gasteiger partial charge is 0.368 e. The van der Waals surface area contributed by atoms with Gasteiger partial charge in [0, 0.05) is 10.6 Å². The zero-order valence-corrected chi connectivity index (χ0v) is 13.0. The molecule has 1 amide bonds. The average Bonchev–Trinajstić information content (AvgIpc) is 2.49. The van der Waals surface area contributed by atoms with Crippen molar-refractivity contribution in [2.45, 2.75) is 16.9 Å². The number of thioether (sulfide) groups is 1. The maximum absolute atomic E-state index is 11.8.